The van der Waals surface area contributed by atoms with Gasteiger partial charge in [-0.3, -0.25) is 4.99 Å². The third-order valence-electron chi connectivity index (χ3n) is 5.30. The lowest BCUT2D eigenvalue weighted by Gasteiger charge is -2.06. The molecule has 0 saturated heterocycles. The minimum atomic E-state index is -0.526. The van der Waals surface area contributed by atoms with E-state index < -0.39 is 5.97 Å². The first-order valence-corrected chi connectivity index (χ1v) is 11.2. The molecule has 5 aromatic rings. The summed E-state index contributed by atoms with van der Waals surface area (Å²) in [5.74, 6) is 0.231. The Hall–Kier alpha value is -4.42. The topological polar surface area (TPSA) is 84.9 Å². The lowest BCUT2D eigenvalue weighted by Crippen LogP contribution is -2.08. The van der Waals surface area contributed by atoms with Crippen LogP contribution in [0.15, 0.2) is 94.3 Å². The molecule has 0 amide bonds. The van der Waals surface area contributed by atoms with Crippen molar-refractivity contribution in [2.24, 2.45) is 4.99 Å². The van der Waals surface area contributed by atoms with Gasteiger partial charge in [0.05, 0.1) is 21.8 Å². The maximum atomic E-state index is 12.3. The summed E-state index contributed by atoms with van der Waals surface area (Å²) in [4.78, 5) is 21.2. The van der Waals surface area contributed by atoms with Gasteiger partial charge in [-0.25, -0.2) is 9.78 Å². The van der Waals surface area contributed by atoms with Crippen LogP contribution < -0.4 is 4.74 Å². The van der Waals surface area contributed by atoms with Gasteiger partial charge in [0, 0.05) is 12.3 Å². The molecular weight excluding hydrogens is 464 g/mol. The van der Waals surface area contributed by atoms with Gasteiger partial charge in [-0.05, 0) is 78.7 Å². The number of phenols is 1. The SMILES string of the molecule is Cc1ccc2nc(-c3ccc(N=Cc4ccc(OC(=O)c5ccccc5Cl)cc4)cc3O)oc2c1. The zero-order valence-corrected chi connectivity index (χ0v) is 19.4. The van der Waals surface area contributed by atoms with Gasteiger partial charge in [0.25, 0.3) is 0 Å². The van der Waals surface area contributed by atoms with Crippen LogP contribution >= 0.6 is 11.6 Å². The fourth-order valence-corrected chi connectivity index (χ4v) is 3.70. The quantitative estimate of drug-likeness (QED) is 0.163. The van der Waals surface area contributed by atoms with E-state index in [-0.39, 0.29) is 5.75 Å². The normalized spacial score (nSPS) is 11.3. The Balaban J connectivity index is 1.28. The summed E-state index contributed by atoms with van der Waals surface area (Å²) < 4.78 is 11.2. The third kappa shape index (κ3) is 4.93. The molecule has 0 unspecified atom stereocenters. The molecule has 0 saturated carbocycles. The number of aromatic hydroxyl groups is 1. The Kier molecular flexibility index (Phi) is 6.04. The van der Waals surface area contributed by atoms with Crippen LogP contribution in [0.2, 0.25) is 5.02 Å². The number of carbonyl (C=O) groups excluding carboxylic acids is 1. The zero-order chi connectivity index (χ0) is 24.4. The number of halogens is 1. The number of esters is 1. The van der Waals surface area contributed by atoms with E-state index in [1.165, 1.54) is 0 Å². The summed E-state index contributed by atoms with van der Waals surface area (Å²) >= 11 is 6.05. The van der Waals surface area contributed by atoms with Gasteiger partial charge in [0.1, 0.15) is 17.0 Å². The van der Waals surface area contributed by atoms with Gasteiger partial charge in [0.15, 0.2) is 5.58 Å². The number of oxazole rings is 1. The number of rotatable bonds is 5. The van der Waals surface area contributed by atoms with Gasteiger partial charge in [-0.1, -0.05) is 29.8 Å². The van der Waals surface area contributed by atoms with E-state index in [1.807, 2.05) is 25.1 Å². The Morgan fingerprint density at radius 3 is 2.60 bits per heavy atom. The standard InChI is InChI=1S/C28H19ClN2O4/c1-17-6-13-24-26(14-17)35-27(31-24)22-12-9-19(15-25(22)32)30-16-18-7-10-20(11-8-18)34-28(33)21-4-2-3-5-23(21)29/h2-16,32H,1H3. The van der Waals surface area contributed by atoms with E-state index >= 15 is 0 Å². The summed E-state index contributed by atoms with van der Waals surface area (Å²) in [7, 11) is 0. The summed E-state index contributed by atoms with van der Waals surface area (Å²) in [5, 5.41) is 10.9. The minimum Gasteiger partial charge on any atom is -0.507 e. The number of aryl methyl sites for hydroxylation is 1. The Bertz CT molecular complexity index is 1570. The number of aliphatic imine (C=N–C) groups is 1. The van der Waals surface area contributed by atoms with Crippen LogP contribution in [0.25, 0.3) is 22.6 Å². The molecular formula is C28H19ClN2O4. The Morgan fingerprint density at radius 1 is 1.03 bits per heavy atom. The third-order valence-corrected chi connectivity index (χ3v) is 5.63. The smallest absolute Gasteiger partial charge is 0.345 e. The summed E-state index contributed by atoms with van der Waals surface area (Å²) in [6, 6.07) is 24.4. The van der Waals surface area contributed by atoms with Crippen molar-refractivity contribution in [2.75, 3.05) is 0 Å². The Morgan fingerprint density at radius 2 is 1.83 bits per heavy atom. The molecule has 1 N–H and O–H groups in total. The van der Waals surface area contributed by atoms with E-state index in [4.69, 9.17) is 20.8 Å². The number of carbonyl (C=O) groups is 1. The van der Waals surface area contributed by atoms with Crippen LogP contribution in [0.3, 0.4) is 0 Å². The monoisotopic (exact) mass is 482 g/mol. The molecule has 7 heteroatoms. The van der Waals surface area contributed by atoms with E-state index in [0.717, 1.165) is 16.6 Å². The van der Waals surface area contributed by atoms with Gasteiger partial charge in [0.2, 0.25) is 5.89 Å². The molecule has 0 aliphatic carbocycles. The molecule has 0 radical (unpaired) electrons. The maximum Gasteiger partial charge on any atom is 0.345 e. The predicted molar refractivity (Wildman–Crippen MR) is 136 cm³/mol. The van der Waals surface area contributed by atoms with Crippen molar-refractivity contribution in [1.29, 1.82) is 0 Å². The maximum absolute atomic E-state index is 12.3. The van der Waals surface area contributed by atoms with Crippen LogP contribution in [0.5, 0.6) is 11.5 Å². The second-order valence-corrected chi connectivity index (χ2v) is 8.30. The van der Waals surface area contributed by atoms with E-state index in [2.05, 4.69) is 9.98 Å². The molecule has 0 aliphatic rings. The Labute approximate surface area is 206 Å². The number of hydrogen-bond donors (Lipinski definition) is 1. The number of ether oxygens (including phenoxy) is 1. The highest BCUT2D eigenvalue weighted by Gasteiger charge is 2.13. The number of phenolic OH excluding ortho intramolecular Hbond substituents is 1. The number of nitrogens with zero attached hydrogens (tertiary/aromatic N) is 2. The van der Waals surface area contributed by atoms with Crippen LogP contribution in [0, 0.1) is 6.92 Å². The molecule has 172 valence electrons. The lowest BCUT2D eigenvalue weighted by atomic mass is 10.2. The molecule has 0 spiro atoms. The first-order valence-electron chi connectivity index (χ1n) is 10.8. The van der Waals surface area contributed by atoms with E-state index in [1.54, 1.807) is 72.9 Å². The van der Waals surface area contributed by atoms with Crippen LogP contribution in [-0.2, 0) is 0 Å². The zero-order valence-electron chi connectivity index (χ0n) is 18.6. The van der Waals surface area contributed by atoms with Gasteiger partial charge in [-0.15, -0.1) is 0 Å². The van der Waals surface area contributed by atoms with E-state index in [9.17, 15) is 9.90 Å². The van der Waals surface area contributed by atoms with E-state index in [0.29, 0.717) is 39.1 Å². The van der Waals surface area contributed by atoms with Crippen molar-refractivity contribution in [3.05, 3.63) is 107 Å². The summed E-state index contributed by atoms with van der Waals surface area (Å²) in [6.45, 7) is 1.98. The molecule has 6 nitrogen and oxygen atoms in total. The summed E-state index contributed by atoms with van der Waals surface area (Å²) in [6.07, 6.45) is 1.65. The first kappa shape index (κ1) is 22.4. The largest absolute Gasteiger partial charge is 0.507 e. The molecule has 5 rings (SSSR count). The highest BCUT2D eigenvalue weighted by molar-refractivity contribution is 6.33. The van der Waals surface area contributed by atoms with Gasteiger partial charge >= 0.3 is 5.97 Å². The highest BCUT2D eigenvalue weighted by atomic mass is 35.5. The second kappa shape index (κ2) is 9.44. The van der Waals surface area contributed by atoms with Crippen LogP contribution in [-0.4, -0.2) is 22.3 Å². The highest BCUT2D eigenvalue weighted by Crippen LogP contribution is 2.34. The average molecular weight is 483 g/mol. The average Bonchev–Trinajstić information content (AvgIpc) is 3.26. The van der Waals surface area contributed by atoms with Crippen LogP contribution in [0.4, 0.5) is 5.69 Å². The second-order valence-electron chi connectivity index (χ2n) is 7.89. The molecule has 0 atom stereocenters. The summed E-state index contributed by atoms with van der Waals surface area (Å²) in [5.41, 5.74) is 4.61. The van der Waals surface area contributed by atoms with Crippen molar-refractivity contribution in [1.82, 2.24) is 4.98 Å². The fraction of sp³-hybridized carbons (Fsp3) is 0.0357. The molecule has 0 aliphatic heterocycles. The minimum absolute atomic E-state index is 0.0183. The van der Waals surface area contributed by atoms with Crippen molar-refractivity contribution in [3.63, 3.8) is 0 Å². The fourth-order valence-electron chi connectivity index (χ4n) is 3.49. The lowest BCUT2D eigenvalue weighted by molar-refractivity contribution is 0.0735. The molecule has 4 aromatic carbocycles. The number of benzene rings is 4. The van der Waals surface area contributed by atoms with Crippen molar-refractivity contribution in [3.8, 4) is 23.0 Å². The van der Waals surface area contributed by atoms with Crippen molar-refractivity contribution in [2.45, 2.75) is 6.92 Å². The van der Waals surface area contributed by atoms with Crippen molar-refractivity contribution >= 4 is 40.6 Å². The number of hydrogen-bond acceptors (Lipinski definition) is 6. The molecule has 1 heterocycles. The number of fused-ring (bicyclic) bond motifs is 1. The molecule has 1 aromatic heterocycles. The van der Waals surface area contributed by atoms with Gasteiger partial charge in [-0.2, -0.15) is 0 Å². The molecule has 0 fully saturated rings. The molecule has 0 bridgehead atoms. The predicted octanol–water partition coefficient (Wildman–Crippen LogP) is 7.13. The van der Waals surface area contributed by atoms with Crippen LogP contribution in [0.1, 0.15) is 21.5 Å². The number of aromatic nitrogens is 1. The van der Waals surface area contributed by atoms with Crippen molar-refractivity contribution < 1.29 is 19.1 Å². The van der Waals surface area contributed by atoms with Gasteiger partial charge < -0.3 is 14.3 Å². The first-order chi connectivity index (χ1) is 17.0. The molecule has 35 heavy (non-hydrogen) atoms.